The zero-order valence-electron chi connectivity index (χ0n) is 11.7. The van der Waals surface area contributed by atoms with Crippen molar-refractivity contribution in [3.05, 3.63) is 17.0 Å². The molecule has 1 saturated carbocycles. The quantitative estimate of drug-likeness (QED) is 0.850. The molecule has 1 fully saturated rings. The van der Waals surface area contributed by atoms with Gasteiger partial charge in [-0.3, -0.25) is 4.68 Å². The Morgan fingerprint density at radius 2 is 1.94 bits per heavy atom. The molecule has 0 spiro atoms. The first-order valence-corrected chi connectivity index (χ1v) is 6.78. The molecular formula is C14H25N3. The fourth-order valence-corrected chi connectivity index (χ4v) is 2.43. The van der Waals surface area contributed by atoms with Crippen LogP contribution < -0.4 is 5.32 Å². The topological polar surface area (TPSA) is 29.9 Å². The van der Waals surface area contributed by atoms with Gasteiger partial charge in [-0.25, -0.2) is 0 Å². The van der Waals surface area contributed by atoms with Crippen molar-refractivity contribution in [2.24, 2.45) is 5.92 Å². The predicted octanol–water partition coefficient (Wildman–Crippen LogP) is 2.97. The largest absolute Gasteiger partial charge is 0.310 e. The molecule has 0 amide bonds. The Kier molecular flexibility index (Phi) is 3.57. The summed E-state index contributed by atoms with van der Waals surface area (Å²) in [6.45, 7) is 11.9. The van der Waals surface area contributed by atoms with E-state index < -0.39 is 0 Å². The highest BCUT2D eigenvalue weighted by molar-refractivity contribution is 5.25. The molecule has 1 N–H and O–H groups in total. The van der Waals surface area contributed by atoms with Crippen molar-refractivity contribution >= 4 is 0 Å². The van der Waals surface area contributed by atoms with Gasteiger partial charge in [-0.2, -0.15) is 5.10 Å². The smallest absolute Gasteiger partial charge is 0.0641 e. The van der Waals surface area contributed by atoms with Gasteiger partial charge in [0.2, 0.25) is 0 Å². The highest BCUT2D eigenvalue weighted by Gasteiger charge is 2.31. The van der Waals surface area contributed by atoms with Crippen LogP contribution in [0.1, 0.15) is 56.6 Å². The maximum Gasteiger partial charge on any atom is 0.0641 e. The van der Waals surface area contributed by atoms with Crippen molar-refractivity contribution < 1.29 is 0 Å². The molecule has 0 saturated heterocycles. The Morgan fingerprint density at radius 1 is 1.29 bits per heavy atom. The van der Waals surface area contributed by atoms with Crippen molar-refractivity contribution in [1.29, 1.82) is 0 Å². The molecule has 1 atom stereocenters. The van der Waals surface area contributed by atoms with Gasteiger partial charge >= 0.3 is 0 Å². The summed E-state index contributed by atoms with van der Waals surface area (Å²) in [7, 11) is 0. The Hall–Kier alpha value is -0.830. The third-order valence-corrected chi connectivity index (χ3v) is 3.85. The predicted molar refractivity (Wildman–Crippen MR) is 71.1 cm³/mol. The third kappa shape index (κ3) is 2.71. The second kappa shape index (κ2) is 4.81. The van der Waals surface area contributed by atoms with E-state index in [2.05, 4.69) is 44.6 Å². The fraction of sp³-hybridized carbons (Fsp3) is 0.786. The van der Waals surface area contributed by atoms with E-state index in [1.54, 1.807) is 0 Å². The van der Waals surface area contributed by atoms with E-state index in [0.29, 0.717) is 12.1 Å². The number of hydrogen-bond donors (Lipinski definition) is 1. The van der Waals surface area contributed by atoms with E-state index in [0.717, 1.165) is 12.5 Å². The normalized spacial score (nSPS) is 17.8. The molecule has 1 aliphatic carbocycles. The zero-order valence-corrected chi connectivity index (χ0v) is 11.7. The zero-order chi connectivity index (χ0) is 12.6. The molecule has 0 radical (unpaired) electrons. The fourth-order valence-electron chi connectivity index (χ4n) is 2.43. The molecule has 1 unspecified atom stereocenters. The van der Waals surface area contributed by atoms with Crippen LogP contribution in [0.4, 0.5) is 0 Å². The molecule has 1 aliphatic rings. The lowest BCUT2D eigenvalue weighted by Crippen LogP contribution is -2.22. The number of aryl methyl sites for hydroxylation is 1. The molecule has 0 aliphatic heterocycles. The van der Waals surface area contributed by atoms with Crippen LogP contribution >= 0.6 is 0 Å². The van der Waals surface area contributed by atoms with Crippen LogP contribution in [0, 0.1) is 19.8 Å². The van der Waals surface area contributed by atoms with E-state index in [4.69, 9.17) is 5.10 Å². The van der Waals surface area contributed by atoms with Gasteiger partial charge in [0.05, 0.1) is 11.7 Å². The van der Waals surface area contributed by atoms with Gasteiger partial charge in [-0.15, -0.1) is 0 Å². The van der Waals surface area contributed by atoms with Gasteiger partial charge in [-0.05, 0) is 39.5 Å². The second-order valence-electron chi connectivity index (χ2n) is 5.71. The molecule has 1 heterocycles. The maximum absolute atomic E-state index is 4.73. The maximum atomic E-state index is 4.73. The summed E-state index contributed by atoms with van der Waals surface area (Å²) in [5.74, 6) is 0.860. The SMILES string of the molecule is Cc1nn(C(C)C2CC2)c(C)c1CNC(C)C. The molecule has 0 aromatic carbocycles. The third-order valence-electron chi connectivity index (χ3n) is 3.85. The minimum Gasteiger partial charge on any atom is -0.310 e. The minimum atomic E-state index is 0.526. The monoisotopic (exact) mass is 235 g/mol. The lowest BCUT2D eigenvalue weighted by Gasteiger charge is -2.14. The van der Waals surface area contributed by atoms with Gasteiger partial charge in [0, 0.05) is 23.8 Å². The van der Waals surface area contributed by atoms with E-state index in [-0.39, 0.29) is 0 Å². The summed E-state index contributed by atoms with van der Waals surface area (Å²) in [6.07, 6.45) is 2.75. The van der Waals surface area contributed by atoms with E-state index >= 15 is 0 Å². The summed E-state index contributed by atoms with van der Waals surface area (Å²) in [6, 6.07) is 1.10. The van der Waals surface area contributed by atoms with Crippen molar-refractivity contribution in [3.63, 3.8) is 0 Å². The number of rotatable bonds is 5. The lowest BCUT2D eigenvalue weighted by molar-refractivity contribution is 0.428. The van der Waals surface area contributed by atoms with Crippen molar-refractivity contribution in [3.8, 4) is 0 Å². The van der Waals surface area contributed by atoms with E-state index in [1.807, 2.05) is 0 Å². The summed E-state index contributed by atoms with van der Waals surface area (Å²) in [5.41, 5.74) is 3.91. The molecule has 3 nitrogen and oxygen atoms in total. The first kappa shape index (κ1) is 12.6. The average molecular weight is 235 g/mol. The molecule has 2 rings (SSSR count). The van der Waals surface area contributed by atoms with Crippen molar-refractivity contribution in [1.82, 2.24) is 15.1 Å². The standard InChI is InChI=1S/C14H25N3/c1-9(2)15-8-14-10(3)16-17(12(14)5)11(4)13-6-7-13/h9,11,13,15H,6-8H2,1-5H3. The average Bonchev–Trinajstić information content (AvgIpc) is 3.04. The first-order chi connectivity index (χ1) is 8.00. The molecule has 96 valence electrons. The molecule has 1 aromatic rings. The second-order valence-corrected chi connectivity index (χ2v) is 5.71. The summed E-state index contributed by atoms with van der Waals surface area (Å²) in [5, 5.41) is 8.21. The van der Waals surface area contributed by atoms with Crippen LogP contribution in [-0.2, 0) is 6.54 Å². The van der Waals surface area contributed by atoms with Gasteiger partial charge in [0.15, 0.2) is 0 Å². The summed E-state index contributed by atoms with van der Waals surface area (Å²) >= 11 is 0. The van der Waals surface area contributed by atoms with Gasteiger partial charge in [0.1, 0.15) is 0 Å². The first-order valence-electron chi connectivity index (χ1n) is 6.78. The van der Waals surface area contributed by atoms with Gasteiger partial charge < -0.3 is 5.32 Å². The van der Waals surface area contributed by atoms with Crippen LogP contribution in [0.15, 0.2) is 0 Å². The molecule has 17 heavy (non-hydrogen) atoms. The number of hydrogen-bond acceptors (Lipinski definition) is 2. The van der Waals surface area contributed by atoms with Crippen LogP contribution in [0.5, 0.6) is 0 Å². The van der Waals surface area contributed by atoms with Crippen molar-refractivity contribution in [2.75, 3.05) is 0 Å². The van der Waals surface area contributed by atoms with Crippen LogP contribution in [0.2, 0.25) is 0 Å². The van der Waals surface area contributed by atoms with Crippen LogP contribution in [0.25, 0.3) is 0 Å². The Balaban J connectivity index is 2.15. The van der Waals surface area contributed by atoms with Crippen LogP contribution in [0.3, 0.4) is 0 Å². The summed E-state index contributed by atoms with van der Waals surface area (Å²) < 4.78 is 2.24. The van der Waals surface area contributed by atoms with E-state index in [9.17, 15) is 0 Å². The highest BCUT2D eigenvalue weighted by Crippen LogP contribution is 2.40. The number of nitrogens with zero attached hydrogens (tertiary/aromatic N) is 2. The number of nitrogens with one attached hydrogen (secondary N) is 1. The molecule has 3 heteroatoms. The molecule has 1 aromatic heterocycles. The molecular weight excluding hydrogens is 210 g/mol. The van der Waals surface area contributed by atoms with E-state index in [1.165, 1.54) is 29.8 Å². The Morgan fingerprint density at radius 3 is 2.47 bits per heavy atom. The Labute approximate surface area is 105 Å². The minimum absolute atomic E-state index is 0.526. The van der Waals surface area contributed by atoms with Crippen LogP contribution in [-0.4, -0.2) is 15.8 Å². The van der Waals surface area contributed by atoms with Gasteiger partial charge in [-0.1, -0.05) is 13.8 Å². The van der Waals surface area contributed by atoms with Gasteiger partial charge in [0.25, 0.3) is 0 Å². The summed E-state index contributed by atoms with van der Waals surface area (Å²) in [4.78, 5) is 0. The van der Waals surface area contributed by atoms with Crippen molar-refractivity contribution in [2.45, 2.75) is 66.1 Å². The lowest BCUT2D eigenvalue weighted by atomic mass is 10.1. The number of aromatic nitrogens is 2. The molecule has 0 bridgehead atoms. The Bertz CT molecular complexity index is 388. The highest BCUT2D eigenvalue weighted by atomic mass is 15.3.